The number of amides is 1. The molecule has 0 aliphatic heterocycles. The van der Waals surface area contributed by atoms with E-state index >= 15 is 0 Å². The lowest BCUT2D eigenvalue weighted by Crippen LogP contribution is -2.10. The van der Waals surface area contributed by atoms with Crippen LogP contribution in [-0.4, -0.2) is 16.1 Å². The van der Waals surface area contributed by atoms with Gasteiger partial charge in [-0.25, -0.2) is 13.2 Å². The molecule has 0 fully saturated rings. The van der Waals surface area contributed by atoms with Crippen LogP contribution in [0.5, 0.6) is 0 Å². The van der Waals surface area contributed by atoms with Gasteiger partial charge >= 0.3 is 0 Å². The van der Waals surface area contributed by atoms with Gasteiger partial charge in [0.15, 0.2) is 0 Å². The molecule has 0 bridgehead atoms. The molecular weight excluding hydrogens is 235 g/mol. The second-order valence-electron chi connectivity index (χ2n) is 3.28. The van der Waals surface area contributed by atoms with Gasteiger partial charge in [-0.1, -0.05) is 0 Å². The number of hydrogen-bond acceptors (Lipinski definition) is 2. The van der Waals surface area contributed by atoms with Crippen molar-refractivity contribution in [3.05, 3.63) is 41.3 Å². The zero-order valence-electron chi connectivity index (χ0n) is 8.30. The highest BCUT2D eigenvalue weighted by Gasteiger charge is 2.17. The summed E-state index contributed by atoms with van der Waals surface area (Å²) in [5.74, 6) is -4.06. The Kier molecular flexibility index (Phi) is 2.58. The first-order valence-electron chi connectivity index (χ1n) is 4.49. The molecule has 17 heavy (non-hydrogen) atoms. The molecule has 0 unspecified atom stereocenters. The number of nitrogens with zero attached hydrogens (tertiary/aromatic N) is 1. The van der Waals surface area contributed by atoms with E-state index in [1.807, 2.05) is 0 Å². The van der Waals surface area contributed by atoms with E-state index in [-0.39, 0.29) is 11.4 Å². The van der Waals surface area contributed by atoms with E-state index in [1.54, 1.807) is 0 Å². The van der Waals surface area contributed by atoms with Crippen molar-refractivity contribution in [2.24, 2.45) is 5.73 Å². The molecule has 2 aromatic rings. The summed E-state index contributed by atoms with van der Waals surface area (Å²) in [6.07, 6.45) is 0. The quantitative estimate of drug-likeness (QED) is 0.838. The number of H-pyrrole nitrogens is 1. The Bertz CT molecular complexity index is 571. The predicted octanol–water partition coefficient (Wildman–Crippen LogP) is 1.59. The molecule has 0 saturated heterocycles. The zero-order valence-corrected chi connectivity index (χ0v) is 8.30. The summed E-state index contributed by atoms with van der Waals surface area (Å²) in [5.41, 5.74) is 4.18. The first-order valence-corrected chi connectivity index (χ1v) is 4.49. The number of benzene rings is 1. The first-order chi connectivity index (χ1) is 7.99. The van der Waals surface area contributed by atoms with Gasteiger partial charge in [0, 0.05) is 12.1 Å². The lowest BCUT2D eigenvalue weighted by molar-refractivity contribution is 0.0995. The van der Waals surface area contributed by atoms with Crippen molar-refractivity contribution >= 4 is 5.91 Å². The van der Waals surface area contributed by atoms with Gasteiger partial charge in [-0.05, 0) is 6.07 Å². The van der Waals surface area contributed by atoms with Crippen LogP contribution in [0, 0.1) is 17.5 Å². The van der Waals surface area contributed by atoms with Crippen LogP contribution < -0.4 is 5.73 Å². The predicted molar refractivity (Wildman–Crippen MR) is 52.4 cm³/mol. The summed E-state index contributed by atoms with van der Waals surface area (Å²) in [6.45, 7) is 0. The minimum atomic E-state index is -1.11. The molecule has 0 spiro atoms. The maximum atomic E-state index is 13.4. The van der Waals surface area contributed by atoms with Crippen LogP contribution in [-0.2, 0) is 0 Å². The van der Waals surface area contributed by atoms with Gasteiger partial charge in [0.2, 0.25) is 0 Å². The minimum absolute atomic E-state index is 0.0943. The Morgan fingerprint density at radius 3 is 2.24 bits per heavy atom. The molecule has 0 atom stereocenters. The van der Waals surface area contributed by atoms with Crippen LogP contribution in [0.15, 0.2) is 18.2 Å². The van der Waals surface area contributed by atoms with E-state index in [2.05, 4.69) is 10.2 Å². The number of aromatic amines is 1. The number of nitrogens with two attached hydrogens (primary N) is 1. The van der Waals surface area contributed by atoms with E-state index < -0.39 is 28.9 Å². The molecule has 1 heterocycles. The average Bonchev–Trinajstić information content (AvgIpc) is 2.65. The third-order valence-corrected chi connectivity index (χ3v) is 2.11. The van der Waals surface area contributed by atoms with E-state index in [9.17, 15) is 18.0 Å². The van der Waals surface area contributed by atoms with Crippen LogP contribution >= 0.6 is 0 Å². The summed E-state index contributed by atoms with van der Waals surface area (Å²) in [5, 5.41) is 5.75. The number of carbonyl (C=O) groups excluding carboxylic acids is 1. The Labute approximate surface area is 93.2 Å². The maximum absolute atomic E-state index is 13.4. The highest BCUT2D eigenvalue weighted by atomic mass is 19.1. The zero-order chi connectivity index (χ0) is 12.6. The third kappa shape index (κ3) is 1.99. The van der Waals surface area contributed by atoms with Crippen molar-refractivity contribution < 1.29 is 18.0 Å². The monoisotopic (exact) mass is 241 g/mol. The smallest absolute Gasteiger partial charge is 0.266 e. The van der Waals surface area contributed by atoms with Crippen LogP contribution in [0.1, 0.15) is 10.5 Å². The Morgan fingerprint density at radius 2 is 1.76 bits per heavy atom. The average molecular weight is 241 g/mol. The molecule has 1 amide bonds. The van der Waals surface area contributed by atoms with Crippen LogP contribution in [0.2, 0.25) is 0 Å². The molecule has 1 aromatic heterocycles. The summed E-state index contributed by atoms with van der Waals surface area (Å²) in [6, 6.07) is 2.13. The third-order valence-electron chi connectivity index (χ3n) is 2.11. The van der Waals surface area contributed by atoms with Crippen LogP contribution in [0.25, 0.3) is 11.3 Å². The minimum Gasteiger partial charge on any atom is -0.364 e. The van der Waals surface area contributed by atoms with Crippen LogP contribution in [0.3, 0.4) is 0 Å². The SMILES string of the molecule is NC(=O)c1cc(-c2c(F)cc(F)cc2F)n[nH]1. The Hall–Kier alpha value is -2.31. The van der Waals surface area contributed by atoms with Gasteiger partial charge in [0.25, 0.3) is 5.91 Å². The molecule has 88 valence electrons. The summed E-state index contributed by atoms with van der Waals surface area (Å²) in [7, 11) is 0. The fourth-order valence-corrected chi connectivity index (χ4v) is 1.36. The van der Waals surface area contributed by atoms with Gasteiger partial charge in [-0.15, -0.1) is 0 Å². The van der Waals surface area contributed by atoms with Crippen molar-refractivity contribution in [3.8, 4) is 11.3 Å². The van der Waals surface area contributed by atoms with Crippen molar-refractivity contribution in [2.75, 3.05) is 0 Å². The molecule has 0 saturated carbocycles. The lowest BCUT2D eigenvalue weighted by Gasteiger charge is -2.01. The van der Waals surface area contributed by atoms with Gasteiger partial charge in [0.05, 0.1) is 11.3 Å². The molecule has 1 aromatic carbocycles. The lowest BCUT2D eigenvalue weighted by atomic mass is 10.1. The summed E-state index contributed by atoms with van der Waals surface area (Å²) < 4.78 is 39.4. The van der Waals surface area contributed by atoms with Gasteiger partial charge < -0.3 is 5.73 Å². The number of hydrogen-bond donors (Lipinski definition) is 2. The highest BCUT2D eigenvalue weighted by Crippen LogP contribution is 2.25. The first kappa shape index (κ1) is 11.2. The number of primary amides is 1. The largest absolute Gasteiger partial charge is 0.364 e. The standard InChI is InChI=1S/C10H6F3N3O/c11-4-1-5(12)9(6(13)2-4)7-3-8(10(14)17)16-15-7/h1-3H,(H2,14,17)(H,15,16). The van der Waals surface area contributed by atoms with Crippen molar-refractivity contribution in [1.82, 2.24) is 10.2 Å². The molecule has 0 aliphatic carbocycles. The molecule has 3 N–H and O–H groups in total. The van der Waals surface area contributed by atoms with E-state index in [4.69, 9.17) is 5.73 Å². The maximum Gasteiger partial charge on any atom is 0.266 e. The second kappa shape index (κ2) is 3.93. The number of halogens is 3. The fraction of sp³-hybridized carbons (Fsp3) is 0. The number of nitrogens with one attached hydrogen (secondary N) is 1. The van der Waals surface area contributed by atoms with Crippen molar-refractivity contribution in [3.63, 3.8) is 0 Å². The second-order valence-corrected chi connectivity index (χ2v) is 3.28. The molecule has 4 nitrogen and oxygen atoms in total. The Balaban J connectivity index is 2.56. The van der Waals surface area contributed by atoms with Crippen LogP contribution in [0.4, 0.5) is 13.2 Å². The fourth-order valence-electron chi connectivity index (χ4n) is 1.36. The number of carbonyl (C=O) groups is 1. The summed E-state index contributed by atoms with van der Waals surface area (Å²) >= 11 is 0. The molecular formula is C10H6F3N3O. The summed E-state index contributed by atoms with van der Waals surface area (Å²) in [4.78, 5) is 10.8. The molecule has 0 aliphatic rings. The highest BCUT2D eigenvalue weighted by molar-refractivity contribution is 5.91. The van der Waals surface area contributed by atoms with Gasteiger partial charge in [0.1, 0.15) is 23.1 Å². The van der Waals surface area contributed by atoms with E-state index in [0.717, 1.165) is 6.07 Å². The van der Waals surface area contributed by atoms with E-state index in [1.165, 1.54) is 0 Å². The van der Waals surface area contributed by atoms with Gasteiger partial charge in [-0.2, -0.15) is 5.10 Å². The van der Waals surface area contributed by atoms with Gasteiger partial charge in [-0.3, -0.25) is 9.89 Å². The Morgan fingerprint density at radius 1 is 1.18 bits per heavy atom. The normalized spacial score (nSPS) is 10.5. The van der Waals surface area contributed by atoms with Crippen molar-refractivity contribution in [1.29, 1.82) is 0 Å². The molecule has 0 radical (unpaired) electrons. The van der Waals surface area contributed by atoms with E-state index in [0.29, 0.717) is 12.1 Å². The molecule has 7 heteroatoms. The number of aromatic nitrogens is 2. The van der Waals surface area contributed by atoms with Crippen molar-refractivity contribution in [2.45, 2.75) is 0 Å². The number of rotatable bonds is 2. The topological polar surface area (TPSA) is 71.8 Å². The molecule has 2 rings (SSSR count).